The smallest absolute Gasteiger partial charge is 0.351 e. The second kappa shape index (κ2) is 8.41. The zero-order chi connectivity index (χ0) is 23.1. The summed E-state index contributed by atoms with van der Waals surface area (Å²) in [6.07, 6.45) is 1.29. The molecule has 4 heterocycles. The van der Waals surface area contributed by atoms with Crippen molar-refractivity contribution in [1.29, 1.82) is 0 Å². The summed E-state index contributed by atoms with van der Waals surface area (Å²) < 4.78 is 68.6. The highest BCUT2D eigenvalue weighted by Crippen LogP contribution is 2.38. The minimum Gasteiger partial charge on any atom is -0.351 e. The lowest BCUT2D eigenvalue weighted by Gasteiger charge is -2.31. The van der Waals surface area contributed by atoms with Crippen LogP contribution in [0.5, 0.6) is 0 Å². The lowest BCUT2D eigenvalue weighted by Crippen LogP contribution is -2.42. The third-order valence-corrected chi connectivity index (χ3v) is 7.73. The molecule has 0 aromatic carbocycles. The van der Waals surface area contributed by atoms with Crippen LogP contribution in [0.3, 0.4) is 0 Å². The van der Waals surface area contributed by atoms with Crippen LogP contribution in [-0.2, 0) is 23.2 Å². The number of alkyl halides is 3. The lowest BCUT2D eigenvalue weighted by molar-refractivity contribution is -0.137. The Hall–Kier alpha value is -2.58. The van der Waals surface area contributed by atoms with Crippen molar-refractivity contribution in [2.24, 2.45) is 7.05 Å². The van der Waals surface area contributed by atoms with Gasteiger partial charge in [-0.1, -0.05) is 0 Å². The van der Waals surface area contributed by atoms with Crippen molar-refractivity contribution in [2.45, 2.75) is 37.0 Å². The molecule has 1 aliphatic heterocycles. The molecule has 32 heavy (non-hydrogen) atoms. The zero-order valence-electron chi connectivity index (χ0n) is 17.2. The molecule has 0 aliphatic carbocycles. The first-order chi connectivity index (χ1) is 15.0. The Morgan fingerprint density at radius 3 is 2.44 bits per heavy atom. The van der Waals surface area contributed by atoms with Crippen molar-refractivity contribution in [3.05, 3.63) is 35.5 Å². The number of piperidine rings is 1. The molecule has 14 heteroatoms. The van der Waals surface area contributed by atoms with E-state index in [0.717, 1.165) is 17.5 Å². The van der Waals surface area contributed by atoms with Gasteiger partial charge in [-0.3, -0.25) is 0 Å². The van der Waals surface area contributed by atoms with Gasteiger partial charge in [0, 0.05) is 44.8 Å². The monoisotopic (exact) mass is 487 g/mol. The first kappa shape index (κ1) is 22.6. The molecule has 1 aliphatic rings. The van der Waals surface area contributed by atoms with E-state index in [1.165, 1.54) is 23.0 Å². The molecule has 0 atom stereocenters. The maximum Gasteiger partial charge on any atom is 0.420 e. The quantitative estimate of drug-likeness (QED) is 0.590. The molecule has 1 saturated heterocycles. The summed E-state index contributed by atoms with van der Waals surface area (Å²) in [6, 6.07) is -0.182. The number of aryl methyl sites for hydroxylation is 2. The molecule has 0 bridgehead atoms. The molecule has 1 N–H and O–H groups in total. The number of imidazole rings is 1. The number of anilines is 1. The molecule has 3 aromatic rings. The van der Waals surface area contributed by atoms with Crippen LogP contribution in [0.1, 0.15) is 23.4 Å². The Balaban J connectivity index is 1.48. The standard InChI is InChI=1S/C18H20F3N7O2S2/c1-11-22-8-14(31-11)16-13(18(19,20)21)7-23-17(26-16)25-12-3-5-28(6-4-12)32(29,30)15-9-27(2)10-24-15/h7-10,12H,3-6H2,1-2H3,(H,23,25,26). The van der Waals surface area contributed by atoms with Crippen molar-refractivity contribution < 1.29 is 21.6 Å². The van der Waals surface area contributed by atoms with Crippen LogP contribution in [0.25, 0.3) is 10.6 Å². The fourth-order valence-corrected chi connectivity index (χ4v) is 5.61. The van der Waals surface area contributed by atoms with Crippen molar-refractivity contribution in [3.8, 4) is 10.6 Å². The van der Waals surface area contributed by atoms with Gasteiger partial charge in [0.25, 0.3) is 10.0 Å². The summed E-state index contributed by atoms with van der Waals surface area (Å²) in [5, 5.41) is 3.66. The lowest BCUT2D eigenvalue weighted by atomic mass is 10.1. The third-order valence-electron chi connectivity index (χ3n) is 5.02. The van der Waals surface area contributed by atoms with Crippen molar-refractivity contribution in [2.75, 3.05) is 18.4 Å². The topological polar surface area (TPSA) is 106 Å². The van der Waals surface area contributed by atoms with E-state index in [9.17, 15) is 21.6 Å². The maximum atomic E-state index is 13.4. The van der Waals surface area contributed by atoms with Gasteiger partial charge < -0.3 is 9.88 Å². The van der Waals surface area contributed by atoms with Gasteiger partial charge >= 0.3 is 6.18 Å². The highest BCUT2D eigenvalue weighted by molar-refractivity contribution is 7.89. The molecule has 172 valence electrons. The normalized spacial score (nSPS) is 16.4. The predicted octanol–water partition coefficient (Wildman–Crippen LogP) is 2.93. The van der Waals surface area contributed by atoms with E-state index in [-0.39, 0.29) is 35.8 Å². The number of hydrogen-bond acceptors (Lipinski definition) is 8. The first-order valence-electron chi connectivity index (χ1n) is 9.66. The minimum atomic E-state index is -4.60. The molecule has 0 amide bonds. The van der Waals surface area contributed by atoms with Crippen LogP contribution in [0.4, 0.5) is 19.1 Å². The number of sulfonamides is 1. The van der Waals surface area contributed by atoms with Gasteiger partial charge in [0.15, 0.2) is 5.03 Å². The van der Waals surface area contributed by atoms with E-state index >= 15 is 0 Å². The van der Waals surface area contributed by atoms with Gasteiger partial charge in [0.2, 0.25) is 5.95 Å². The van der Waals surface area contributed by atoms with Gasteiger partial charge in [0.1, 0.15) is 5.56 Å². The molecular weight excluding hydrogens is 467 g/mol. The van der Waals surface area contributed by atoms with Gasteiger partial charge in [-0.2, -0.15) is 17.5 Å². The summed E-state index contributed by atoms with van der Waals surface area (Å²) in [6.45, 7) is 2.20. The largest absolute Gasteiger partial charge is 0.420 e. The number of rotatable bonds is 5. The first-order valence-corrected chi connectivity index (χ1v) is 11.9. The van der Waals surface area contributed by atoms with E-state index in [4.69, 9.17) is 0 Å². The molecule has 3 aromatic heterocycles. The average molecular weight is 488 g/mol. The van der Waals surface area contributed by atoms with Crippen LogP contribution in [0.2, 0.25) is 0 Å². The zero-order valence-corrected chi connectivity index (χ0v) is 18.8. The SMILES string of the molecule is Cc1ncc(-c2nc(NC3CCN(S(=O)(=O)c4cn(C)cn4)CC3)ncc2C(F)(F)F)s1. The number of nitrogens with zero attached hydrogens (tertiary/aromatic N) is 6. The Morgan fingerprint density at radius 1 is 1.16 bits per heavy atom. The fraction of sp³-hybridized carbons (Fsp3) is 0.444. The van der Waals surface area contributed by atoms with Crippen molar-refractivity contribution >= 4 is 27.3 Å². The molecule has 1 fully saturated rings. The second-order valence-electron chi connectivity index (χ2n) is 7.40. The van der Waals surface area contributed by atoms with Gasteiger partial charge in [0.05, 0.1) is 21.9 Å². The van der Waals surface area contributed by atoms with Crippen LogP contribution >= 0.6 is 11.3 Å². The van der Waals surface area contributed by atoms with Gasteiger partial charge in [-0.25, -0.2) is 28.4 Å². The fourth-order valence-electron chi connectivity index (χ4n) is 3.39. The van der Waals surface area contributed by atoms with Crippen molar-refractivity contribution in [1.82, 2.24) is 28.8 Å². The number of nitrogens with one attached hydrogen (secondary N) is 1. The molecule has 0 unspecified atom stereocenters. The number of thiazole rings is 1. The van der Waals surface area contributed by atoms with E-state index in [0.29, 0.717) is 22.7 Å². The van der Waals surface area contributed by atoms with Crippen LogP contribution in [0.15, 0.2) is 29.9 Å². The third kappa shape index (κ3) is 4.61. The predicted molar refractivity (Wildman–Crippen MR) is 111 cm³/mol. The number of hydrogen-bond donors (Lipinski definition) is 1. The molecule has 9 nitrogen and oxygen atoms in total. The maximum absolute atomic E-state index is 13.4. The summed E-state index contributed by atoms with van der Waals surface area (Å²) in [4.78, 5) is 16.2. The van der Waals surface area contributed by atoms with Gasteiger partial charge in [-0.05, 0) is 19.8 Å². The Kier molecular flexibility index (Phi) is 5.94. The van der Waals surface area contributed by atoms with Crippen molar-refractivity contribution in [3.63, 3.8) is 0 Å². The van der Waals surface area contributed by atoms with E-state index in [1.54, 1.807) is 18.5 Å². The van der Waals surface area contributed by atoms with E-state index in [1.807, 2.05) is 0 Å². The Labute approximate surface area is 186 Å². The highest BCUT2D eigenvalue weighted by atomic mass is 32.2. The molecule has 4 rings (SSSR count). The molecule has 0 saturated carbocycles. The van der Waals surface area contributed by atoms with Crippen LogP contribution in [-0.4, -0.2) is 56.4 Å². The second-order valence-corrected chi connectivity index (χ2v) is 10.5. The summed E-state index contributed by atoms with van der Waals surface area (Å²) in [5.41, 5.74) is -1.15. The molecule has 0 spiro atoms. The van der Waals surface area contributed by atoms with Crippen LogP contribution in [0, 0.1) is 6.92 Å². The molecule has 0 radical (unpaired) electrons. The van der Waals surface area contributed by atoms with Crippen LogP contribution < -0.4 is 5.32 Å². The number of halogens is 3. The Bertz CT molecular complexity index is 1220. The highest BCUT2D eigenvalue weighted by Gasteiger charge is 2.36. The summed E-state index contributed by atoms with van der Waals surface area (Å²) in [5.74, 6) is 0.0603. The summed E-state index contributed by atoms with van der Waals surface area (Å²) >= 11 is 1.12. The van der Waals surface area contributed by atoms with Gasteiger partial charge in [-0.15, -0.1) is 11.3 Å². The van der Waals surface area contributed by atoms with E-state index < -0.39 is 21.8 Å². The average Bonchev–Trinajstić information content (AvgIpc) is 3.36. The molecular formula is C18H20F3N7O2S2. The summed E-state index contributed by atoms with van der Waals surface area (Å²) in [7, 11) is -2.00. The van der Waals surface area contributed by atoms with E-state index in [2.05, 4.69) is 25.3 Å². The Morgan fingerprint density at radius 2 is 1.88 bits per heavy atom. The number of aromatic nitrogens is 5. The minimum absolute atomic E-state index is 0.0121.